The number of aromatic nitrogens is 1. The molecule has 0 radical (unpaired) electrons. The number of ether oxygens (including phenoxy) is 1. The molecule has 0 atom stereocenters. The van der Waals surface area contributed by atoms with E-state index < -0.39 is 11.8 Å². The first kappa shape index (κ1) is 32.5. The van der Waals surface area contributed by atoms with Crippen LogP contribution in [0.1, 0.15) is 22.8 Å². The number of thiazole rings is 1. The van der Waals surface area contributed by atoms with Crippen molar-refractivity contribution in [1.82, 2.24) is 10.3 Å². The Bertz CT molecular complexity index is 1840. The van der Waals surface area contributed by atoms with E-state index in [9.17, 15) is 14.4 Å². The van der Waals surface area contributed by atoms with Crippen LogP contribution in [0, 0.1) is 0 Å². The van der Waals surface area contributed by atoms with E-state index in [2.05, 4.69) is 20.9 Å². The normalized spacial score (nSPS) is 11.0. The van der Waals surface area contributed by atoms with Crippen molar-refractivity contribution >= 4 is 69.3 Å². The van der Waals surface area contributed by atoms with Crippen molar-refractivity contribution in [1.29, 1.82) is 0 Å². The first-order chi connectivity index (χ1) is 22.4. The maximum absolute atomic E-state index is 13.3. The van der Waals surface area contributed by atoms with Gasteiger partial charge in [-0.05, 0) is 91.4 Å². The zero-order chi connectivity index (χ0) is 32.3. The molecule has 0 saturated carbocycles. The zero-order valence-electron chi connectivity index (χ0n) is 24.7. The Morgan fingerprint density at radius 2 is 1.67 bits per heavy atom. The number of thioether (sulfide) groups is 1. The molecule has 1 aromatic heterocycles. The average molecular weight is 669 g/mol. The van der Waals surface area contributed by atoms with Gasteiger partial charge in [-0.1, -0.05) is 41.9 Å². The molecule has 11 heteroatoms. The summed E-state index contributed by atoms with van der Waals surface area (Å²) in [4.78, 5) is 44.1. The zero-order valence-corrected chi connectivity index (χ0v) is 27.0. The van der Waals surface area contributed by atoms with Gasteiger partial charge in [-0.3, -0.25) is 14.4 Å². The lowest BCUT2D eigenvalue weighted by Crippen LogP contribution is -2.30. The summed E-state index contributed by atoms with van der Waals surface area (Å²) in [7, 11) is 0. The number of anilines is 2. The average Bonchev–Trinajstić information content (AvgIpc) is 3.53. The Labute approximate surface area is 279 Å². The summed E-state index contributed by atoms with van der Waals surface area (Å²) in [5.41, 5.74) is 3.36. The van der Waals surface area contributed by atoms with E-state index in [-0.39, 0.29) is 17.4 Å². The SMILES string of the molecule is CCOc1ccc(-c2csc(NC(=O)CSc3ccc(NC(=O)/C(=C/c4cccc(Cl)c4)NC(=O)c4ccccc4)cc3)n2)cc1. The van der Waals surface area contributed by atoms with Gasteiger partial charge < -0.3 is 20.7 Å². The van der Waals surface area contributed by atoms with Crippen LogP contribution in [0.3, 0.4) is 0 Å². The van der Waals surface area contributed by atoms with E-state index in [1.807, 2.05) is 54.8 Å². The topological polar surface area (TPSA) is 109 Å². The number of benzene rings is 4. The summed E-state index contributed by atoms with van der Waals surface area (Å²) in [6.45, 7) is 2.54. The molecule has 1 heterocycles. The largest absolute Gasteiger partial charge is 0.494 e. The number of halogens is 1. The van der Waals surface area contributed by atoms with Crippen LogP contribution in [0.4, 0.5) is 10.8 Å². The quantitative estimate of drug-likeness (QED) is 0.0918. The van der Waals surface area contributed by atoms with Crippen LogP contribution >= 0.6 is 34.7 Å². The molecule has 0 fully saturated rings. The molecule has 46 heavy (non-hydrogen) atoms. The third-order valence-electron chi connectivity index (χ3n) is 6.38. The highest BCUT2D eigenvalue weighted by atomic mass is 35.5. The molecule has 4 aromatic carbocycles. The number of carbonyl (C=O) groups excluding carboxylic acids is 3. The van der Waals surface area contributed by atoms with Gasteiger partial charge in [-0.2, -0.15) is 0 Å². The second kappa shape index (κ2) is 15.9. The molecule has 3 amide bonds. The fraction of sp³-hybridized carbons (Fsp3) is 0.0857. The Morgan fingerprint density at radius 1 is 0.913 bits per heavy atom. The van der Waals surface area contributed by atoms with E-state index in [1.165, 1.54) is 23.1 Å². The van der Waals surface area contributed by atoms with Gasteiger partial charge in [0.1, 0.15) is 11.4 Å². The van der Waals surface area contributed by atoms with E-state index in [0.29, 0.717) is 33.6 Å². The fourth-order valence-electron chi connectivity index (χ4n) is 4.19. The van der Waals surface area contributed by atoms with E-state index in [4.69, 9.17) is 16.3 Å². The number of amides is 3. The molecule has 232 valence electrons. The smallest absolute Gasteiger partial charge is 0.272 e. The van der Waals surface area contributed by atoms with Gasteiger partial charge in [0.05, 0.1) is 18.1 Å². The fourth-order valence-corrected chi connectivity index (χ4v) is 5.83. The summed E-state index contributed by atoms with van der Waals surface area (Å²) < 4.78 is 5.49. The molecule has 0 aliphatic carbocycles. The van der Waals surface area contributed by atoms with Crippen molar-refractivity contribution in [3.63, 3.8) is 0 Å². The first-order valence-electron chi connectivity index (χ1n) is 14.2. The standard InChI is InChI=1S/C35H29ClN4O4S2/c1-2-44-28-15-11-24(12-16-28)31-21-46-35(39-31)40-32(41)22-45-29-17-13-27(14-18-29)37-34(43)30(20-23-7-6-10-26(36)19-23)38-33(42)25-8-4-3-5-9-25/h3-21H,2,22H2,1H3,(H,37,43)(H,38,42)(H,39,40,41)/b30-20-. The van der Waals surface area contributed by atoms with Crippen LogP contribution in [0.5, 0.6) is 5.75 Å². The van der Waals surface area contributed by atoms with Crippen LogP contribution in [0.15, 0.2) is 119 Å². The summed E-state index contributed by atoms with van der Waals surface area (Å²) in [6, 6.07) is 30.3. The summed E-state index contributed by atoms with van der Waals surface area (Å²) in [6.07, 6.45) is 1.56. The Hall–Kier alpha value is -4.90. The minimum atomic E-state index is -0.503. The van der Waals surface area contributed by atoms with E-state index in [1.54, 1.807) is 66.7 Å². The molecule has 8 nitrogen and oxygen atoms in total. The summed E-state index contributed by atoms with van der Waals surface area (Å²) in [5.74, 6) is -0.122. The van der Waals surface area contributed by atoms with Gasteiger partial charge in [-0.15, -0.1) is 23.1 Å². The number of nitrogens with zero attached hydrogens (tertiary/aromatic N) is 1. The Kier molecular flexibility index (Phi) is 11.2. The molecule has 0 unspecified atom stereocenters. The van der Waals surface area contributed by atoms with Crippen LogP contribution in [0.25, 0.3) is 17.3 Å². The first-order valence-corrected chi connectivity index (χ1v) is 16.5. The van der Waals surface area contributed by atoms with Gasteiger partial charge in [0, 0.05) is 32.1 Å². The number of carbonyl (C=O) groups is 3. The van der Waals surface area contributed by atoms with Crippen LogP contribution in [-0.2, 0) is 9.59 Å². The lowest BCUT2D eigenvalue weighted by atomic mass is 10.1. The predicted octanol–water partition coefficient (Wildman–Crippen LogP) is 8.00. The molecule has 0 aliphatic heterocycles. The van der Waals surface area contributed by atoms with Gasteiger partial charge in [0.15, 0.2) is 5.13 Å². The van der Waals surface area contributed by atoms with Crippen molar-refractivity contribution in [2.75, 3.05) is 23.0 Å². The summed E-state index contributed by atoms with van der Waals surface area (Å²) >= 11 is 8.84. The van der Waals surface area contributed by atoms with Crippen molar-refractivity contribution in [3.05, 3.63) is 130 Å². The maximum Gasteiger partial charge on any atom is 0.272 e. The predicted molar refractivity (Wildman–Crippen MR) is 186 cm³/mol. The maximum atomic E-state index is 13.3. The lowest BCUT2D eigenvalue weighted by molar-refractivity contribution is -0.114. The Balaban J connectivity index is 1.16. The van der Waals surface area contributed by atoms with Crippen molar-refractivity contribution in [2.24, 2.45) is 0 Å². The molecule has 5 rings (SSSR count). The number of nitrogens with one attached hydrogen (secondary N) is 3. The molecular weight excluding hydrogens is 640 g/mol. The number of hydrogen-bond acceptors (Lipinski definition) is 7. The third-order valence-corrected chi connectivity index (χ3v) is 8.39. The van der Waals surface area contributed by atoms with Gasteiger partial charge >= 0.3 is 0 Å². The van der Waals surface area contributed by atoms with Crippen LogP contribution in [-0.4, -0.2) is 35.1 Å². The lowest BCUT2D eigenvalue weighted by Gasteiger charge is -2.12. The molecule has 5 aromatic rings. The van der Waals surface area contributed by atoms with Crippen LogP contribution in [0.2, 0.25) is 5.02 Å². The highest BCUT2D eigenvalue weighted by Crippen LogP contribution is 2.27. The van der Waals surface area contributed by atoms with E-state index in [0.717, 1.165) is 21.9 Å². The van der Waals surface area contributed by atoms with Gasteiger partial charge in [0.25, 0.3) is 11.8 Å². The minimum Gasteiger partial charge on any atom is -0.494 e. The minimum absolute atomic E-state index is 0.0547. The second-order valence-corrected chi connectivity index (χ2v) is 12.1. The van der Waals surface area contributed by atoms with Crippen LogP contribution < -0.4 is 20.7 Å². The van der Waals surface area contributed by atoms with E-state index >= 15 is 0 Å². The highest BCUT2D eigenvalue weighted by molar-refractivity contribution is 8.00. The number of hydrogen-bond donors (Lipinski definition) is 3. The molecule has 0 saturated heterocycles. The van der Waals surface area contributed by atoms with Crippen molar-refractivity contribution in [2.45, 2.75) is 11.8 Å². The monoisotopic (exact) mass is 668 g/mol. The molecule has 0 spiro atoms. The second-order valence-electron chi connectivity index (χ2n) is 9.74. The third kappa shape index (κ3) is 9.31. The highest BCUT2D eigenvalue weighted by Gasteiger charge is 2.16. The van der Waals surface area contributed by atoms with Crippen molar-refractivity contribution in [3.8, 4) is 17.0 Å². The molecular formula is C35H29ClN4O4S2. The molecule has 3 N–H and O–H groups in total. The van der Waals surface area contributed by atoms with Gasteiger partial charge in [0.2, 0.25) is 5.91 Å². The molecule has 0 bridgehead atoms. The summed E-state index contributed by atoms with van der Waals surface area (Å²) in [5, 5.41) is 11.3. The van der Waals surface area contributed by atoms with Crippen molar-refractivity contribution < 1.29 is 19.1 Å². The molecule has 0 aliphatic rings. The Morgan fingerprint density at radius 3 is 2.39 bits per heavy atom. The number of rotatable bonds is 12. The van der Waals surface area contributed by atoms with Gasteiger partial charge in [-0.25, -0.2) is 4.98 Å².